The molecule has 0 radical (unpaired) electrons. The Morgan fingerprint density at radius 2 is 1.48 bits per heavy atom. The highest BCUT2D eigenvalue weighted by Gasteiger charge is 2.22. The summed E-state index contributed by atoms with van der Waals surface area (Å²) < 4.78 is 50.5. The number of hydrogen-bond acceptors (Lipinski definition) is 3. The van der Waals surface area contributed by atoms with Gasteiger partial charge in [-0.3, -0.25) is 4.39 Å². The molecule has 0 aliphatic carbocycles. The number of unbranched alkanes of at least 4 members (excludes halogenated alkanes) is 1. The molecule has 0 bridgehead atoms. The van der Waals surface area contributed by atoms with E-state index < -0.39 is 17.9 Å². The van der Waals surface area contributed by atoms with E-state index >= 15 is 0 Å². The molecule has 0 aromatic heterocycles. The zero-order valence-corrected chi connectivity index (χ0v) is 19.0. The molecule has 0 fully saturated rings. The molecule has 0 spiro atoms. The fraction of sp³-hybridized carbons (Fsp3) is 0.739. The van der Waals surface area contributed by atoms with E-state index in [4.69, 9.17) is 9.47 Å². The molecule has 1 rings (SSSR count). The van der Waals surface area contributed by atoms with Gasteiger partial charge >= 0.3 is 0 Å². The van der Waals surface area contributed by atoms with E-state index in [0.29, 0.717) is 24.8 Å². The lowest BCUT2D eigenvalue weighted by Gasteiger charge is -2.23. The first kappa shape index (κ1) is 27.7. The molecule has 170 valence electrons. The smallest absolute Gasteiger partial charge is 0.189 e. The highest BCUT2D eigenvalue weighted by molar-refractivity contribution is 5.47. The predicted molar refractivity (Wildman–Crippen MR) is 115 cm³/mol. The lowest BCUT2D eigenvalue weighted by atomic mass is 9.97. The maximum absolute atomic E-state index is 14.5. The van der Waals surface area contributed by atoms with Crippen molar-refractivity contribution in [1.29, 1.82) is 0 Å². The standard InChI is InChI=1S/C19H31F2NO2.C4H9F/c1-6-13(5)10-14(7-2)22-15-11-16(20)18(17(21)12-15)19(23-8-3)24-9-4;1-2-3-4-5/h11-14,19,22H,6-10H2,1-5H3;2-4H2,1H3. The van der Waals surface area contributed by atoms with Crippen molar-refractivity contribution in [3.63, 3.8) is 0 Å². The third-order valence-electron chi connectivity index (χ3n) is 4.69. The highest BCUT2D eigenvalue weighted by Crippen LogP contribution is 2.29. The third-order valence-corrected chi connectivity index (χ3v) is 4.69. The van der Waals surface area contributed by atoms with Crippen molar-refractivity contribution in [2.75, 3.05) is 25.2 Å². The Morgan fingerprint density at radius 1 is 0.931 bits per heavy atom. The van der Waals surface area contributed by atoms with Gasteiger partial charge in [0.2, 0.25) is 0 Å². The Labute approximate surface area is 175 Å². The molecule has 0 aliphatic rings. The van der Waals surface area contributed by atoms with Crippen LogP contribution in [0.5, 0.6) is 0 Å². The molecule has 2 unspecified atom stereocenters. The molecule has 3 nitrogen and oxygen atoms in total. The maximum atomic E-state index is 14.5. The Balaban J connectivity index is 0.00000139. The second-order valence-electron chi connectivity index (χ2n) is 7.14. The second kappa shape index (κ2) is 16.5. The summed E-state index contributed by atoms with van der Waals surface area (Å²) in [4.78, 5) is 0. The van der Waals surface area contributed by atoms with Crippen LogP contribution in [0.15, 0.2) is 12.1 Å². The Kier molecular flexibility index (Phi) is 15.8. The SMILES string of the molecule is CCCCF.CCOC(OCC)c1c(F)cc(NC(CC)CC(C)CC)cc1F. The van der Waals surface area contributed by atoms with Gasteiger partial charge in [0.25, 0.3) is 0 Å². The average Bonchev–Trinajstić information content (AvgIpc) is 2.68. The summed E-state index contributed by atoms with van der Waals surface area (Å²) in [6, 6.07) is 2.84. The lowest BCUT2D eigenvalue weighted by Crippen LogP contribution is -2.22. The van der Waals surface area contributed by atoms with Crippen molar-refractivity contribution in [2.24, 2.45) is 5.92 Å². The number of halogens is 3. The first-order chi connectivity index (χ1) is 13.9. The number of hydrogen-bond donors (Lipinski definition) is 1. The molecule has 2 atom stereocenters. The van der Waals surface area contributed by atoms with Crippen molar-refractivity contribution in [3.8, 4) is 0 Å². The number of anilines is 1. The number of alkyl halides is 1. The van der Waals surface area contributed by atoms with Crippen molar-refractivity contribution in [2.45, 2.75) is 86.0 Å². The number of rotatable bonds is 13. The van der Waals surface area contributed by atoms with E-state index in [1.54, 1.807) is 13.8 Å². The van der Waals surface area contributed by atoms with Crippen LogP contribution >= 0.6 is 0 Å². The summed E-state index contributed by atoms with van der Waals surface area (Å²) in [5, 5.41) is 3.24. The lowest BCUT2D eigenvalue weighted by molar-refractivity contribution is -0.143. The van der Waals surface area contributed by atoms with Gasteiger partial charge in [-0.2, -0.15) is 0 Å². The van der Waals surface area contributed by atoms with Gasteiger partial charge in [0.15, 0.2) is 6.29 Å². The zero-order chi connectivity index (χ0) is 22.2. The fourth-order valence-corrected chi connectivity index (χ4v) is 2.76. The van der Waals surface area contributed by atoms with E-state index in [2.05, 4.69) is 26.1 Å². The van der Waals surface area contributed by atoms with Crippen LogP contribution in [0.2, 0.25) is 0 Å². The van der Waals surface area contributed by atoms with Gasteiger partial charge in [-0.05, 0) is 51.2 Å². The van der Waals surface area contributed by atoms with Gasteiger partial charge in [0, 0.05) is 24.9 Å². The van der Waals surface area contributed by atoms with Crippen molar-refractivity contribution < 1.29 is 22.6 Å². The van der Waals surface area contributed by atoms with Crippen LogP contribution in [-0.2, 0) is 9.47 Å². The number of nitrogens with one attached hydrogen (secondary N) is 1. The van der Waals surface area contributed by atoms with Gasteiger partial charge in [-0.1, -0.05) is 40.5 Å². The van der Waals surface area contributed by atoms with Crippen LogP contribution < -0.4 is 5.32 Å². The molecular weight excluding hydrogens is 379 g/mol. The van der Waals surface area contributed by atoms with Crippen LogP contribution in [0.4, 0.5) is 18.9 Å². The van der Waals surface area contributed by atoms with Crippen LogP contribution in [0, 0.1) is 17.6 Å². The first-order valence-corrected chi connectivity index (χ1v) is 10.9. The minimum Gasteiger partial charge on any atom is -0.382 e. The normalized spacial score (nSPS) is 13.0. The average molecular weight is 420 g/mol. The molecule has 1 aromatic rings. The molecular formula is C23H40F3NO2. The molecule has 1 N–H and O–H groups in total. The molecule has 29 heavy (non-hydrogen) atoms. The molecule has 0 saturated heterocycles. The quantitative estimate of drug-likeness (QED) is 0.337. The predicted octanol–water partition coefficient (Wildman–Crippen LogP) is 7.42. The Bertz CT molecular complexity index is 512. The van der Waals surface area contributed by atoms with E-state index in [9.17, 15) is 13.2 Å². The number of benzene rings is 1. The van der Waals surface area contributed by atoms with Crippen molar-refractivity contribution in [1.82, 2.24) is 0 Å². The van der Waals surface area contributed by atoms with Gasteiger partial charge in [0.05, 0.1) is 12.2 Å². The van der Waals surface area contributed by atoms with Crippen molar-refractivity contribution >= 4 is 5.69 Å². The largest absolute Gasteiger partial charge is 0.382 e. The summed E-state index contributed by atoms with van der Waals surface area (Å²) in [5.41, 5.74) is 0.287. The van der Waals surface area contributed by atoms with Gasteiger partial charge in [0.1, 0.15) is 11.6 Å². The molecule has 6 heteroatoms. The molecule has 0 aliphatic heterocycles. The minimum atomic E-state index is -1.02. The minimum absolute atomic E-state index is 0.156. The van der Waals surface area contributed by atoms with Crippen LogP contribution in [-0.4, -0.2) is 25.9 Å². The van der Waals surface area contributed by atoms with E-state index in [-0.39, 0.29) is 18.3 Å². The summed E-state index contributed by atoms with van der Waals surface area (Å²) in [6.45, 7) is 12.4. The number of ether oxygens (including phenoxy) is 2. The van der Waals surface area contributed by atoms with Crippen molar-refractivity contribution in [3.05, 3.63) is 29.3 Å². The van der Waals surface area contributed by atoms with Crippen LogP contribution in [0.25, 0.3) is 0 Å². The molecule has 1 aromatic carbocycles. The molecule has 0 amide bonds. The van der Waals surface area contributed by atoms with E-state index in [1.165, 1.54) is 12.1 Å². The first-order valence-electron chi connectivity index (χ1n) is 10.9. The van der Waals surface area contributed by atoms with Gasteiger partial charge in [-0.15, -0.1) is 0 Å². The Hall–Kier alpha value is -1.27. The summed E-state index contributed by atoms with van der Waals surface area (Å²) >= 11 is 0. The summed E-state index contributed by atoms with van der Waals surface area (Å²) in [7, 11) is 0. The van der Waals surface area contributed by atoms with E-state index in [0.717, 1.165) is 32.1 Å². The van der Waals surface area contributed by atoms with Crippen LogP contribution in [0.1, 0.15) is 85.5 Å². The van der Waals surface area contributed by atoms with Crippen LogP contribution in [0.3, 0.4) is 0 Å². The monoisotopic (exact) mass is 419 g/mol. The topological polar surface area (TPSA) is 30.5 Å². The molecule has 0 saturated carbocycles. The zero-order valence-electron chi connectivity index (χ0n) is 19.0. The Morgan fingerprint density at radius 3 is 1.83 bits per heavy atom. The second-order valence-corrected chi connectivity index (χ2v) is 7.14. The van der Waals surface area contributed by atoms with Gasteiger partial charge in [-0.25, -0.2) is 8.78 Å². The maximum Gasteiger partial charge on any atom is 0.189 e. The third kappa shape index (κ3) is 10.9. The van der Waals surface area contributed by atoms with E-state index in [1.807, 2.05) is 6.92 Å². The summed E-state index contributed by atoms with van der Waals surface area (Å²) in [5.74, 6) is -0.734. The summed E-state index contributed by atoms with van der Waals surface area (Å²) in [6.07, 6.45) is 3.63. The highest BCUT2D eigenvalue weighted by atomic mass is 19.1. The fourth-order valence-electron chi connectivity index (χ4n) is 2.76. The molecule has 0 heterocycles. The van der Waals surface area contributed by atoms with Gasteiger partial charge < -0.3 is 14.8 Å².